The fourth-order valence-electron chi connectivity index (χ4n) is 9.30. The minimum atomic E-state index is -1.91. The Morgan fingerprint density at radius 3 is 1.27 bits per heavy atom. The lowest BCUT2D eigenvalue weighted by molar-refractivity contribution is -0.301. The first-order chi connectivity index (χ1) is 37.6. The zero-order valence-electron chi connectivity index (χ0n) is 49.0. The molecule has 3 N–H and O–H groups in total. The van der Waals surface area contributed by atoms with E-state index in [4.69, 9.17) is 23.7 Å². The Morgan fingerprint density at radius 1 is 0.442 bits per heavy atom. The topological polar surface area (TPSA) is 175 Å². The van der Waals surface area contributed by atoms with Gasteiger partial charge in [-0.05, 0) is 83.5 Å². The van der Waals surface area contributed by atoms with Crippen molar-refractivity contribution in [3.05, 3.63) is 60.8 Å². The molecule has 12 heteroatoms. The first kappa shape index (κ1) is 71.4. The number of hydrogen-bond donors (Lipinski definition) is 3. The average Bonchev–Trinajstić information content (AvgIpc) is 3.42. The average molecular weight is 1090 g/mol. The van der Waals surface area contributed by atoms with Gasteiger partial charge in [0.1, 0.15) is 18.8 Å². The molecule has 0 radical (unpaired) electrons. The van der Waals surface area contributed by atoms with E-state index < -0.39 is 67.3 Å². The van der Waals surface area contributed by atoms with Gasteiger partial charge in [0, 0.05) is 19.3 Å². The summed E-state index contributed by atoms with van der Waals surface area (Å²) in [5, 5.41) is 31.5. The number of aliphatic hydroxyl groups excluding tert-OH is 2. The van der Waals surface area contributed by atoms with Crippen molar-refractivity contribution in [2.45, 2.75) is 314 Å². The molecule has 0 aliphatic carbocycles. The molecule has 444 valence electrons. The van der Waals surface area contributed by atoms with Crippen molar-refractivity contribution in [3.63, 3.8) is 0 Å². The molecule has 0 bridgehead atoms. The van der Waals surface area contributed by atoms with Gasteiger partial charge in [-0.2, -0.15) is 0 Å². The molecule has 6 unspecified atom stereocenters. The second-order valence-electron chi connectivity index (χ2n) is 21.3. The predicted octanol–water partition coefficient (Wildman–Crippen LogP) is 16.3. The number of carbonyl (C=O) groups excluding carboxylic acids is 3. The Bertz CT molecular complexity index is 1570. The Labute approximate surface area is 468 Å². The van der Waals surface area contributed by atoms with Gasteiger partial charge < -0.3 is 39.0 Å². The smallest absolute Gasteiger partial charge is 0.335 e. The SMILES string of the molecule is CC/C=C\C/C=C\C/C=C\C/C=C\CCCCCCC(=O)OCC(COC1OC(C(=O)O)C(O)C(O)C1OC(=O)CCCCCCCCCCCCCCCCCCC)OC(=O)CCCCCCC/C=C\CCCCCC. The van der Waals surface area contributed by atoms with Crippen LogP contribution in [0.4, 0.5) is 0 Å². The number of carboxylic acid groups (broad SMARTS) is 1. The maximum atomic E-state index is 13.1. The van der Waals surface area contributed by atoms with E-state index in [0.29, 0.717) is 19.3 Å². The van der Waals surface area contributed by atoms with Gasteiger partial charge in [0.25, 0.3) is 0 Å². The number of unbranched alkanes of at least 4 members (excludes halogenated alkanes) is 29. The third kappa shape index (κ3) is 43.0. The van der Waals surface area contributed by atoms with Crippen molar-refractivity contribution >= 4 is 23.9 Å². The summed E-state index contributed by atoms with van der Waals surface area (Å²) < 4.78 is 28.5. The molecule has 0 aromatic carbocycles. The molecule has 1 aliphatic rings. The number of allylic oxidation sites excluding steroid dienone is 10. The van der Waals surface area contributed by atoms with E-state index in [0.717, 1.165) is 116 Å². The van der Waals surface area contributed by atoms with Crippen molar-refractivity contribution < 1.29 is 58.2 Å². The van der Waals surface area contributed by atoms with E-state index in [1.54, 1.807) is 0 Å². The third-order valence-corrected chi connectivity index (χ3v) is 14.1. The molecule has 1 heterocycles. The van der Waals surface area contributed by atoms with Gasteiger partial charge in [0.15, 0.2) is 24.6 Å². The zero-order chi connectivity index (χ0) is 56.1. The van der Waals surface area contributed by atoms with Crippen LogP contribution in [0.2, 0.25) is 0 Å². The van der Waals surface area contributed by atoms with E-state index >= 15 is 0 Å². The van der Waals surface area contributed by atoms with Crippen LogP contribution in [-0.2, 0) is 42.9 Å². The lowest BCUT2D eigenvalue weighted by atomic mass is 9.98. The summed E-state index contributed by atoms with van der Waals surface area (Å²) in [6.07, 6.45) is 53.2. The summed E-state index contributed by atoms with van der Waals surface area (Å²) in [5.41, 5.74) is 0. The first-order valence-corrected chi connectivity index (χ1v) is 31.3. The quantitative estimate of drug-likeness (QED) is 0.0228. The van der Waals surface area contributed by atoms with Crippen molar-refractivity contribution in [2.75, 3.05) is 13.2 Å². The summed E-state index contributed by atoms with van der Waals surface area (Å²) in [7, 11) is 0. The van der Waals surface area contributed by atoms with Gasteiger partial charge in [-0.1, -0.05) is 236 Å². The number of carbonyl (C=O) groups is 4. The Morgan fingerprint density at radius 2 is 0.818 bits per heavy atom. The van der Waals surface area contributed by atoms with Crippen LogP contribution in [0.15, 0.2) is 60.8 Å². The predicted molar refractivity (Wildman–Crippen MR) is 312 cm³/mol. The number of aliphatic carboxylic acids is 1. The van der Waals surface area contributed by atoms with E-state index in [1.165, 1.54) is 103 Å². The van der Waals surface area contributed by atoms with Gasteiger partial charge in [0.2, 0.25) is 0 Å². The molecular weight excluding hydrogens is 973 g/mol. The Kier molecular flexibility index (Phi) is 49.2. The molecule has 0 aromatic heterocycles. The highest BCUT2D eigenvalue weighted by molar-refractivity contribution is 5.74. The molecule has 0 aromatic rings. The molecule has 0 spiro atoms. The number of hydrogen-bond acceptors (Lipinski definition) is 11. The third-order valence-electron chi connectivity index (χ3n) is 14.1. The molecule has 12 nitrogen and oxygen atoms in total. The van der Waals surface area contributed by atoms with Crippen molar-refractivity contribution in [1.82, 2.24) is 0 Å². The highest BCUT2D eigenvalue weighted by Gasteiger charge is 2.50. The van der Waals surface area contributed by atoms with E-state index in [2.05, 4.69) is 81.5 Å². The molecule has 0 saturated carbocycles. The van der Waals surface area contributed by atoms with Crippen LogP contribution in [0.1, 0.15) is 278 Å². The fraction of sp³-hybridized carbons (Fsp3) is 0.785. The standard InChI is InChI=1S/C65H112O12/c1-4-7-10-13-16-19-22-25-27-29-31-34-36-39-42-45-48-51-57(66)73-54-56(75-58(67)52-49-46-43-40-37-33-24-21-18-15-12-9-6-3)55-74-65-63(61(70)60(69)62(77-65)64(71)72)76-59(68)53-50-47-44-41-38-35-32-30-28-26-23-20-17-14-11-8-5-2/h7,10,16,19,21,24-25,27,31,34,56,60-63,65,69-70H,4-6,8-9,11-15,17-18,20,22-23,26,28-30,32-33,35-55H2,1-3H3,(H,71,72)/b10-7-,19-16-,24-21-,27-25-,34-31-. The second-order valence-corrected chi connectivity index (χ2v) is 21.3. The van der Waals surface area contributed by atoms with Gasteiger partial charge in [-0.25, -0.2) is 4.79 Å². The maximum absolute atomic E-state index is 13.1. The molecule has 6 atom stereocenters. The molecule has 1 aliphatic heterocycles. The molecular formula is C65H112O12. The van der Waals surface area contributed by atoms with E-state index in [-0.39, 0.29) is 25.9 Å². The van der Waals surface area contributed by atoms with Crippen LogP contribution >= 0.6 is 0 Å². The molecule has 1 rings (SSSR count). The number of esters is 3. The molecule has 1 saturated heterocycles. The zero-order valence-corrected chi connectivity index (χ0v) is 49.0. The Balaban J connectivity index is 2.67. The fourth-order valence-corrected chi connectivity index (χ4v) is 9.30. The van der Waals surface area contributed by atoms with Gasteiger partial charge in [-0.3, -0.25) is 14.4 Å². The van der Waals surface area contributed by atoms with E-state index in [1.807, 2.05) is 0 Å². The first-order valence-electron chi connectivity index (χ1n) is 31.3. The van der Waals surface area contributed by atoms with Crippen LogP contribution in [-0.4, -0.2) is 89.2 Å². The van der Waals surface area contributed by atoms with Gasteiger partial charge in [-0.15, -0.1) is 0 Å². The van der Waals surface area contributed by atoms with Crippen LogP contribution in [0, 0.1) is 0 Å². The van der Waals surface area contributed by atoms with Crippen LogP contribution in [0.3, 0.4) is 0 Å². The molecule has 0 amide bonds. The van der Waals surface area contributed by atoms with Crippen LogP contribution in [0.5, 0.6) is 0 Å². The summed E-state index contributed by atoms with van der Waals surface area (Å²) in [6, 6.07) is 0. The van der Waals surface area contributed by atoms with Crippen LogP contribution in [0.25, 0.3) is 0 Å². The van der Waals surface area contributed by atoms with Crippen molar-refractivity contribution in [2.24, 2.45) is 0 Å². The summed E-state index contributed by atoms with van der Waals surface area (Å²) in [6.45, 7) is 5.86. The lowest BCUT2D eigenvalue weighted by Crippen LogP contribution is -2.61. The van der Waals surface area contributed by atoms with Gasteiger partial charge in [0.05, 0.1) is 6.61 Å². The monoisotopic (exact) mass is 1080 g/mol. The number of carboxylic acids is 1. The summed E-state index contributed by atoms with van der Waals surface area (Å²) >= 11 is 0. The maximum Gasteiger partial charge on any atom is 0.335 e. The highest BCUT2D eigenvalue weighted by Crippen LogP contribution is 2.27. The van der Waals surface area contributed by atoms with E-state index in [9.17, 15) is 34.5 Å². The number of aliphatic hydroxyl groups is 2. The number of ether oxygens (including phenoxy) is 5. The number of rotatable bonds is 53. The van der Waals surface area contributed by atoms with Crippen molar-refractivity contribution in [1.29, 1.82) is 0 Å². The summed E-state index contributed by atoms with van der Waals surface area (Å²) in [5.74, 6) is -3.14. The normalized spacial score (nSPS) is 18.4. The van der Waals surface area contributed by atoms with Gasteiger partial charge >= 0.3 is 23.9 Å². The van der Waals surface area contributed by atoms with Crippen LogP contribution < -0.4 is 0 Å². The second kappa shape index (κ2) is 53.1. The minimum Gasteiger partial charge on any atom is -0.479 e. The summed E-state index contributed by atoms with van der Waals surface area (Å²) in [4.78, 5) is 51.2. The van der Waals surface area contributed by atoms with Crippen molar-refractivity contribution in [3.8, 4) is 0 Å². The highest BCUT2D eigenvalue weighted by atomic mass is 16.7. The largest absolute Gasteiger partial charge is 0.479 e. The minimum absolute atomic E-state index is 0.0602. The lowest BCUT2D eigenvalue weighted by Gasteiger charge is -2.40. The Hall–Kier alpha value is -3.58. The molecule has 77 heavy (non-hydrogen) atoms. The molecule has 1 fully saturated rings.